The van der Waals surface area contributed by atoms with Gasteiger partial charge in [-0.25, -0.2) is 4.98 Å². The Morgan fingerprint density at radius 2 is 1.70 bits per heavy atom. The Hall–Kier alpha value is -2.63. The lowest BCUT2D eigenvalue weighted by Crippen LogP contribution is -2.19. The van der Waals surface area contributed by atoms with E-state index < -0.39 is 0 Å². The number of thioether (sulfide) groups is 1. The molecule has 1 amide bonds. The number of hydrogen-bond donors (Lipinski definition) is 1. The zero-order valence-electron chi connectivity index (χ0n) is 14.8. The molecule has 0 fully saturated rings. The van der Waals surface area contributed by atoms with Gasteiger partial charge in [-0.2, -0.15) is 0 Å². The summed E-state index contributed by atoms with van der Waals surface area (Å²) in [6, 6.07) is 25.8. The van der Waals surface area contributed by atoms with Crippen LogP contribution in [0.15, 0.2) is 83.8 Å². The van der Waals surface area contributed by atoms with E-state index in [9.17, 15) is 4.79 Å². The average Bonchev–Trinajstić information content (AvgIpc) is 3.07. The lowest BCUT2D eigenvalue weighted by molar-refractivity contribution is -0.115. The molecule has 5 heteroatoms. The highest BCUT2D eigenvalue weighted by molar-refractivity contribution is 8.00. The third kappa shape index (κ3) is 4.21. The van der Waals surface area contributed by atoms with E-state index in [0.717, 1.165) is 31.4 Å². The number of aromatic nitrogens is 1. The zero-order chi connectivity index (χ0) is 18.6. The van der Waals surface area contributed by atoms with E-state index in [2.05, 4.69) is 10.3 Å². The molecule has 27 heavy (non-hydrogen) atoms. The number of hydrogen-bond acceptors (Lipinski definition) is 4. The summed E-state index contributed by atoms with van der Waals surface area (Å²) in [4.78, 5) is 18.7. The van der Waals surface area contributed by atoms with Crippen LogP contribution in [0.25, 0.3) is 10.2 Å². The Bertz CT molecular complexity index is 1060. The summed E-state index contributed by atoms with van der Waals surface area (Å²) in [5, 5.41) is 3.78. The van der Waals surface area contributed by atoms with Crippen molar-refractivity contribution in [3.63, 3.8) is 0 Å². The number of rotatable bonds is 5. The molecule has 0 saturated carbocycles. The second kappa shape index (κ2) is 7.94. The molecule has 0 aliphatic rings. The first kappa shape index (κ1) is 17.8. The predicted molar refractivity (Wildman–Crippen MR) is 114 cm³/mol. The van der Waals surface area contributed by atoms with Crippen molar-refractivity contribution < 1.29 is 4.79 Å². The van der Waals surface area contributed by atoms with Crippen molar-refractivity contribution in [1.82, 2.24) is 4.98 Å². The third-order valence-electron chi connectivity index (χ3n) is 4.10. The Kier molecular flexibility index (Phi) is 5.23. The molecular formula is C22H18N2OS2. The molecule has 0 saturated heterocycles. The van der Waals surface area contributed by atoms with Gasteiger partial charge in [-0.05, 0) is 42.8 Å². The van der Waals surface area contributed by atoms with Gasteiger partial charge in [0.1, 0.15) is 5.25 Å². The number of amides is 1. The predicted octanol–water partition coefficient (Wildman–Crippen LogP) is 6.08. The van der Waals surface area contributed by atoms with Crippen LogP contribution in [0, 0.1) is 6.92 Å². The number of nitrogens with zero attached hydrogens (tertiary/aromatic N) is 1. The molecule has 0 spiro atoms. The lowest BCUT2D eigenvalue weighted by Gasteiger charge is -2.17. The number of benzene rings is 3. The zero-order valence-corrected chi connectivity index (χ0v) is 16.4. The Balaban J connectivity index is 1.61. The number of carbonyl (C=O) groups is 1. The van der Waals surface area contributed by atoms with Crippen molar-refractivity contribution in [1.29, 1.82) is 0 Å². The molecule has 4 rings (SSSR count). The monoisotopic (exact) mass is 390 g/mol. The molecule has 4 aromatic rings. The van der Waals surface area contributed by atoms with Gasteiger partial charge in [-0.1, -0.05) is 48.5 Å². The van der Waals surface area contributed by atoms with Crippen LogP contribution in [-0.4, -0.2) is 10.9 Å². The fraction of sp³-hybridized carbons (Fsp3) is 0.0909. The number of aryl methyl sites for hydroxylation is 1. The molecule has 0 radical (unpaired) electrons. The molecule has 134 valence electrons. The SMILES string of the molecule is Cc1nc2ccc(NC(=O)[C@H](Sc3ccccc3)c3ccccc3)cc2s1. The quantitative estimate of drug-likeness (QED) is 0.420. The van der Waals surface area contributed by atoms with E-state index in [-0.39, 0.29) is 11.2 Å². The van der Waals surface area contributed by atoms with Crippen LogP contribution in [-0.2, 0) is 4.79 Å². The minimum absolute atomic E-state index is 0.0318. The molecule has 1 atom stereocenters. The van der Waals surface area contributed by atoms with E-state index in [1.807, 2.05) is 85.8 Å². The van der Waals surface area contributed by atoms with Crippen LogP contribution in [0.2, 0.25) is 0 Å². The smallest absolute Gasteiger partial charge is 0.242 e. The second-order valence-electron chi connectivity index (χ2n) is 6.13. The molecule has 1 heterocycles. The van der Waals surface area contributed by atoms with Crippen molar-refractivity contribution in [2.24, 2.45) is 0 Å². The molecule has 0 aliphatic heterocycles. The summed E-state index contributed by atoms with van der Waals surface area (Å²) < 4.78 is 1.08. The summed E-state index contributed by atoms with van der Waals surface area (Å²) in [5.41, 5.74) is 2.75. The van der Waals surface area contributed by atoms with Gasteiger partial charge in [0.05, 0.1) is 15.2 Å². The average molecular weight is 391 g/mol. The molecule has 0 aliphatic carbocycles. The highest BCUT2D eigenvalue weighted by atomic mass is 32.2. The maximum absolute atomic E-state index is 13.1. The molecule has 0 unspecified atom stereocenters. The highest BCUT2D eigenvalue weighted by Crippen LogP contribution is 2.36. The topological polar surface area (TPSA) is 42.0 Å². The summed E-state index contributed by atoms with van der Waals surface area (Å²) >= 11 is 3.19. The number of fused-ring (bicyclic) bond motifs is 1. The lowest BCUT2D eigenvalue weighted by atomic mass is 10.1. The van der Waals surface area contributed by atoms with Crippen LogP contribution in [0.4, 0.5) is 5.69 Å². The number of anilines is 1. The molecule has 0 bridgehead atoms. The van der Waals surface area contributed by atoms with E-state index >= 15 is 0 Å². The van der Waals surface area contributed by atoms with Crippen LogP contribution in [0.3, 0.4) is 0 Å². The normalized spacial score (nSPS) is 12.0. The van der Waals surface area contributed by atoms with Crippen molar-refractivity contribution in [3.8, 4) is 0 Å². The van der Waals surface area contributed by atoms with Gasteiger partial charge in [-0.15, -0.1) is 23.1 Å². The van der Waals surface area contributed by atoms with E-state index in [1.165, 1.54) is 0 Å². The summed E-state index contributed by atoms with van der Waals surface area (Å²) in [5.74, 6) is -0.0318. The fourth-order valence-corrected chi connectivity index (χ4v) is 4.77. The largest absolute Gasteiger partial charge is 0.325 e. The first-order valence-electron chi connectivity index (χ1n) is 8.64. The first-order chi connectivity index (χ1) is 13.2. The van der Waals surface area contributed by atoms with Gasteiger partial charge in [-0.3, -0.25) is 4.79 Å². The molecule has 3 aromatic carbocycles. The minimum atomic E-state index is -0.326. The van der Waals surface area contributed by atoms with Gasteiger partial charge in [0, 0.05) is 10.6 Å². The Morgan fingerprint density at radius 3 is 2.44 bits per heavy atom. The van der Waals surface area contributed by atoms with Crippen molar-refractivity contribution >= 4 is 44.9 Å². The minimum Gasteiger partial charge on any atom is -0.325 e. The van der Waals surface area contributed by atoms with Gasteiger partial charge in [0.25, 0.3) is 0 Å². The maximum Gasteiger partial charge on any atom is 0.242 e. The van der Waals surface area contributed by atoms with E-state index in [0.29, 0.717) is 0 Å². The number of thiazole rings is 1. The number of carbonyl (C=O) groups excluding carboxylic acids is 1. The van der Waals surface area contributed by atoms with Gasteiger partial charge < -0.3 is 5.32 Å². The molecule has 1 aromatic heterocycles. The summed E-state index contributed by atoms with van der Waals surface area (Å²) in [6.07, 6.45) is 0. The van der Waals surface area contributed by atoms with Gasteiger partial charge >= 0.3 is 0 Å². The first-order valence-corrected chi connectivity index (χ1v) is 10.3. The van der Waals surface area contributed by atoms with Crippen LogP contribution in [0.5, 0.6) is 0 Å². The molecule has 1 N–H and O–H groups in total. The van der Waals surface area contributed by atoms with Crippen LogP contribution < -0.4 is 5.32 Å². The highest BCUT2D eigenvalue weighted by Gasteiger charge is 2.22. The molecular weight excluding hydrogens is 372 g/mol. The van der Waals surface area contributed by atoms with Gasteiger partial charge in [0.2, 0.25) is 5.91 Å². The maximum atomic E-state index is 13.1. The molecule has 3 nitrogen and oxygen atoms in total. The van der Waals surface area contributed by atoms with Crippen LogP contribution in [0.1, 0.15) is 15.8 Å². The number of nitrogens with one attached hydrogen (secondary N) is 1. The van der Waals surface area contributed by atoms with Crippen molar-refractivity contribution in [2.45, 2.75) is 17.1 Å². The van der Waals surface area contributed by atoms with Gasteiger partial charge in [0.15, 0.2) is 0 Å². The summed E-state index contributed by atoms with van der Waals surface area (Å²) in [7, 11) is 0. The second-order valence-corrected chi connectivity index (χ2v) is 8.54. The Morgan fingerprint density at radius 1 is 1.00 bits per heavy atom. The Labute approximate surface area is 166 Å². The fourth-order valence-electron chi connectivity index (χ4n) is 2.86. The van der Waals surface area contributed by atoms with Crippen molar-refractivity contribution in [2.75, 3.05) is 5.32 Å². The van der Waals surface area contributed by atoms with Crippen molar-refractivity contribution in [3.05, 3.63) is 89.4 Å². The van der Waals surface area contributed by atoms with E-state index in [4.69, 9.17) is 0 Å². The van der Waals surface area contributed by atoms with Crippen LogP contribution >= 0.6 is 23.1 Å². The summed E-state index contributed by atoms with van der Waals surface area (Å²) in [6.45, 7) is 1.99. The third-order valence-corrected chi connectivity index (χ3v) is 6.30. The standard InChI is InChI=1S/C22H18N2OS2/c1-15-23-19-13-12-17(14-20(19)26-15)24-22(25)21(16-8-4-2-5-9-16)27-18-10-6-3-7-11-18/h2-14,21H,1H3,(H,24,25)/t21-/m1/s1. The van der Waals surface area contributed by atoms with E-state index in [1.54, 1.807) is 23.1 Å².